The molecule has 2 rings (SSSR count). The number of hydrogen-bond donors (Lipinski definition) is 1. The van der Waals surface area contributed by atoms with Crippen LogP contribution in [0, 0.1) is 0 Å². The number of aromatic nitrogens is 1. The van der Waals surface area contributed by atoms with Crippen LogP contribution in [-0.2, 0) is 11.3 Å². The van der Waals surface area contributed by atoms with Gasteiger partial charge in [-0.25, -0.2) is 4.98 Å². The van der Waals surface area contributed by atoms with E-state index in [9.17, 15) is 5.11 Å². The highest BCUT2D eigenvalue weighted by Gasteiger charge is 2.12. The van der Waals surface area contributed by atoms with Gasteiger partial charge in [-0.15, -0.1) is 11.3 Å². The molecule has 5 nitrogen and oxygen atoms in total. The Morgan fingerprint density at radius 1 is 1.58 bits per heavy atom. The van der Waals surface area contributed by atoms with Crippen molar-refractivity contribution in [3.63, 3.8) is 0 Å². The van der Waals surface area contributed by atoms with Gasteiger partial charge in [-0.1, -0.05) is 6.07 Å². The lowest BCUT2D eigenvalue weighted by molar-refractivity contribution is 0.0416. The van der Waals surface area contributed by atoms with E-state index in [1.54, 1.807) is 24.7 Å². The minimum Gasteiger partial charge on any atom is -0.444 e. The second-order valence-electron chi connectivity index (χ2n) is 4.43. The van der Waals surface area contributed by atoms with Crippen LogP contribution >= 0.6 is 11.3 Å². The lowest BCUT2D eigenvalue weighted by Crippen LogP contribution is -2.31. The molecule has 19 heavy (non-hydrogen) atoms. The number of ether oxygens (including phenoxy) is 1. The lowest BCUT2D eigenvalue weighted by Gasteiger charge is -2.18. The first kappa shape index (κ1) is 14.2. The molecule has 0 spiro atoms. The Balaban J connectivity index is 1.89. The number of thiophene rings is 1. The molecule has 104 valence electrons. The van der Waals surface area contributed by atoms with E-state index in [4.69, 9.17) is 9.15 Å². The fourth-order valence-corrected chi connectivity index (χ4v) is 2.49. The van der Waals surface area contributed by atoms with E-state index in [0.29, 0.717) is 25.6 Å². The van der Waals surface area contributed by atoms with Gasteiger partial charge in [0.1, 0.15) is 6.26 Å². The molecule has 1 atom stereocenters. The SMILES string of the molecule is COCC(O)CN(C)Cc1coc(-c2cccs2)n1. The summed E-state index contributed by atoms with van der Waals surface area (Å²) in [6, 6.07) is 3.95. The molecule has 0 aliphatic rings. The lowest BCUT2D eigenvalue weighted by atomic mass is 10.3. The van der Waals surface area contributed by atoms with Crippen LogP contribution in [0.3, 0.4) is 0 Å². The van der Waals surface area contributed by atoms with E-state index in [1.165, 1.54) is 0 Å². The molecule has 0 amide bonds. The second kappa shape index (κ2) is 6.81. The van der Waals surface area contributed by atoms with Crippen LogP contribution in [-0.4, -0.2) is 48.4 Å². The van der Waals surface area contributed by atoms with Crippen LogP contribution < -0.4 is 0 Å². The number of hydrogen-bond acceptors (Lipinski definition) is 6. The molecule has 2 heterocycles. The van der Waals surface area contributed by atoms with Crippen LogP contribution in [0.4, 0.5) is 0 Å². The normalized spacial score (nSPS) is 13.1. The molecule has 0 radical (unpaired) electrons. The van der Waals surface area contributed by atoms with Gasteiger partial charge in [-0.2, -0.15) is 0 Å². The zero-order valence-corrected chi connectivity index (χ0v) is 11.9. The highest BCUT2D eigenvalue weighted by atomic mass is 32.1. The first-order valence-corrected chi connectivity index (χ1v) is 6.91. The van der Waals surface area contributed by atoms with Crippen molar-refractivity contribution in [2.45, 2.75) is 12.6 Å². The number of aliphatic hydroxyl groups is 1. The van der Waals surface area contributed by atoms with Gasteiger partial charge in [-0.3, -0.25) is 4.90 Å². The van der Waals surface area contributed by atoms with Crippen LogP contribution in [0.5, 0.6) is 0 Å². The largest absolute Gasteiger partial charge is 0.444 e. The molecule has 0 saturated carbocycles. The first-order valence-electron chi connectivity index (χ1n) is 6.03. The quantitative estimate of drug-likeness (QED) is 0.839. The fraction of sp³-hybridized carbons (Fsp3) is 0.462. The molecule has 6 heteroatoms. The third-order valence-corrected chi connectivity index (χ3v) is 3.45. The summed E-state index contributed by atoms with van der Waals surface area (Å²) in [5, 5.41) is 11.6. The Bertz CT molecular complexity index is 484. The smallest absolute Gasteiger partial charge is 0.236 e. The van der Waals surface area contributed by atoms with Gasteiger partial charge >= 0.3 is 0 Å². The standard InChI is InChI=1S/C13H18N2O3S/c1-15(7-11(16)9-17-2)6-10-8-18-13(14-10)12-4-3-5-19-12/h3-5,8,11,16H,6-7,9H2,1-2H3. The van der Waals surface area contributed by atoms with Crippen molar-refractivity contribution in [1.29, 1.82) is 0 Å². The van der Waals surface area contributed by atoms with E-state index in [1.807, 2.05) is 29.5 Å². The summed E-state index contributed by atoms with van der Waals surface area (Å²) in [5.74, 6) is 0.649. The zero-order valence-electron chi connectivity index (χ0n) is 11.1. The maximum atomic E-state index is 9.64. The molecule has 0 fully saturated rings. The number of nitrogens with zero attached hydrogens (tertiary/aromatic N) is 2. The number of rotatable bonds is 7. The minimum absolute atomic E-state index is 0.337. The van der Waals surface area contributed by atoms with Crippen molar-refractivity contribution in [2.24, 2.45) is 0 Å². The summed E-state index contributed by atoms with van der Waals surface area (Å²) in [7, 11) is 3.51. The van der Waals surface area contributed by atoms with E-state index in [-0.39, 0.29) is 0 Å². The average Bonchev–Trinajstić information content (AvgIpc) is 2.98. The van der Waals surface area contributed by atoms with Crippen molar-refractivity contribution in [2.75, 3.05) is 27.3 Å². The van der Waals surface area contributed by atoms with E-state index in [0.717, 1.165) is 10.6 Å². The maximum absolute atomic E-state index is 9.64. The number of oxazole rings is 1. The third-order valence-electron chi connectivity index (χ3n) is 2.60. The van der Waals surface area contributed by atoms with Gasteiger partial charge in [0.05, 0.1) is 23.3 Å². The summed E-state index contributed by atoms with van der Waals surface area (Å²) in [6.07, 6.45) is 1.17. The Kier molecular flexibility index (Phi) is 5.09. The van der Waals surface area contributed by atoms with Gasteiger partial charge in [-0.05, 0) is 18.5 Å². The predicted molar refractivity (Wildman–Crippen MR) is 74.0 cm³/mol. The van der Waals surface area contributed by atoms with Gasteiger partial charge in [0.2, 0.25) is 5.89 Å². The third kappa shape index (κ3) is 4.14. The Morgan fingerprint density at radius 3 is 3.11 bits per heavy atom. The summed E-state index contributed by atoms with van der Waals surface area (Å²) < 4.78 is 10.3. The van der Waals surface area contributed by atoms with Crippen molar-refractivity contribution >= 4 is 11.3 Å². The molecule has 0 aromatic carbocycles. The van der Waals surface area contributed by atoms with Crippen molar-refractivity contribution < 1.29 is 14.3 Å². The molecular formula is C13H18N2O3S. The summed E-state index contributed by atoms with van der Waals surface area (Å²) >= 11 is 1.60. The van der Waals surface area contributed by atoms with Gasteiger partial charge in [0.15, 0.2) is 0 Å². The minimum atomic E-state index is -0.487. The average molecular weight is 282 g/mol. The molecule has 2 aromatic rings. The van der Waals surface area contributed by atoms with Crippen LogP contribution in [0.2, 0.25) is 0 Å². The first-order chi connectivity index (χ1) is 9.19. The van der Waals surface area contributed by atoms with Gasteiger partial charge in [0.25, 0.3) is 0 Å². The summed E-state index contributed by atoms with van der Waals surface area (Å²) in [6.45, 7) is 1.51. The van der Waals surface area contributed by atoms with E-state index < -0.39 is 6.10 Å². The molecule has 0 saturated heterocycles. The highest BCUT2D eigenvalue weighted by molar-refractivity contribution is 7.13. The predicted octanol–water partition coefficient (Wildman–Crippen LogP) is 1.84. The van der Waals surface area contributed by atoms with Gasteiger partial charge in [0, 0.05) is 20.2 Å². The molecule has 0 aliphatic heterocycles. The number of aliphatic hydroxyl groups excluding tert-OH is 1. The summed E-state index contributed by atoms with van der Waals surface area (Å²) in [5.41, 5.74) is 0.857. The molecule has 0 bridgehead atoms. The highest BCUT2D eigenvalue weighted by Crippen LogP contribution is 2.23. The maximum Gasteiger partial charge on any atom is 0.236 e. The second-order valence-corrected chi connectivity index (χ2v) is 5.37. The Labute approximate surface area is 116 Å². The molecule has 2 aromatic heterocycles. The van der Waals surface area contributed by atoms with Crippen LogP contribution in [0.15, 0.2) is 28.2 Å². The Hall–Kier alpha value is -1.21. The van der Waals surface area contributed by atoms with Crippen molar-refractivity contribution in [3.05, 3.63) is 29.5 Å². The number of methoxy groups -OCH3 is 1. The van der Waals surface area contributed by atoms with E-state index in [2.05, 4.69) is 4.98 Å². The molecule has 1 unspecified atom stereocenters. The van der Waals surface area contributed by atoms with E-state index >= 15 is 0 Å². The Morgan fingerprint density at radius 2 is 2.42 bits per heavy atom. The number of likely N-dealkylation sites (N-methyl/N-ethyl adjacent to an activating group) is 1. The van der Waals surface area contributed by atoms with Crippen molar-refractivity contribution in [3.8, 4) is 10.8 Å². The molecule has 1 N–H and O–H groups in total. The van der Waals surface area contributed by atoms with Crippen LogP contribution in [0.1, 0.15) is 5.69 Å². The fourth-order valence-electron chi connectivity index (χ4n) is 1.84. The summed E-state index contributed by atoms with van der Waals surface area (Å²) in [4.78, 5) is 7.44. The topological polar surface area (TPSA) is 58.7 Å². The van der Waals surface area contributed by atoms with Crippen molar-refractivity contribution in [1.82, 2.24) is 9.88 Å². The monoisotopic (exact) mass is 282 g/mol. The van der Waals surface area contributed by atoms with Gasteiger partial charge < -0.3 is 14.3 Å². The molecular weight excluding hydrogens is 264 g/mol. The van der Waals surface area contributed by atoms with Crippen LogP contribution in [0.25, 0.3) is 10.8 Å². The zero-order chi connectivity index (χ0) is 13.7. The molecule has 0 aliphatic carbocycles.